The van der Waals surface area contributed by atoms with Crippen molar-refractivity contribution in [3.05, 3.63) is 45.0 Å². The summed E-state index contributed by atoms with van der Waals surface area (Å²) in [6, 6.07) is 7.82. The Morgan fingerprint density at radius 2 is 2.00 bits per heavy atom. The lowest BCUT2D eigenvalue weighted by molar-refractivity contribution is 1.29. The number of pyridine rings is 1. The van der Waals surface area contributed by atoms with Crippen LogP contribution in [0.5, 0.6) is 0 Å². The quantitative estimate of drug-likeness (QED) is 0.846. The van der Waals surface area contributed by atoms with Gasteiger partial charge in [0.25, 0.3) is 0 Å². The second kappa shape index (κ2) is 5.06. The van der Waals surface area contributed by atoms with Crippen LogP contribution in [0.4, 0.5) is 17.2 Å². The summed E-state index contributed by atoms with van der Waals surface area (Å²) in [6.45, 7) is 2.04. The standard InChI is InChI=1S/C12H11Br2N3/c1-7-4-9(2-3-10(7)14)17-12-11(15)5-8(13)6-16-12/h2-6H,15H2,1H3,(H,16,17). The van der Waals surface area contributed by atoms with E-state index in [9.17, 15) is 0 Å². The van der Waals surface area contributed by atoms with Crippen molar-refractivity contribution in [2.24, 2.45) is 0 Å². The minimum Gasteiger partial charge on any atom is -0.396 e. The molecule has 88 valence electrons. The van der Waals surface area contributed by atoms with Crippen LogP contribution in [0.3, 0.4) is 0 Å². The fourth-order valence-corrected chi connectivity index (χ4v) is 2.01. The van der Waals surface area contributed by atoms with Gasteiger partial charge in [0.05, 0.1) is 5.69 Å². The van der Waals surface area contributed by atoms with Gasteiger partial charge in [0.1, 0.15) is 0 Å². The van der Waals surface area contributed by atoms with Gasteiger partial charge < -0.3 is 11.1 Å². The average Bonchev–Trinajstić information content (AvgIpc) is 2.27. The number of aromatic nitrogens is 1. The van der Waals surface area contributed by atoms with Crippen molar-refractivity contribution in [1.82, 2.24) is 4.98 Å². The van der Waals surface area contributed by atoms with Crippen LogP contribution in [0.25, 0.3) is 0 Å². The number of nitrogens with one attached hydrogen (secondary N) is 1. The maximum Gasteiger partial charge on any atom is 0.153 e. The zero-order chi connectivity index (χ0) is 12.4. The monoisotopic (exact) mass is 355 g/mol. The van der Waals surface area contributed by atoms with Crippen molar-refractivity contribution < 1.29 is 0 Å². The smallest absolute Gasteiger partial charge is 0.153 e. The average molecular weight is 357 g/mol. The van der Waals surface area contributed by atoms with Crippen LogP contribution in [-0.4, -0.2) is 4.98 Å². The zero-order valence-corrected chi connectivity index (χ0v) is 12.3. The van der Waals surface area contributed by atoms with Gasteiger partial charge >= 0.3 is 0 Å². The molecule has 3 nitrogen and oxygen atoms in total. The molecule has 3 N–H and O–H groups in total. The summed E-state index contributed by atoms with van der Waals surface area (Å²) in [5, 5.41) is 3.19. The lowest BCUT2D eigenvalue weighted by Gasteiger charge is -2.09. The van der Waals surface area contributed by atoms with Crippen LogP contribution in [0.15, 0.2) is 39.4 Å². The highest BCUT2D eigenvalue weighted by Gasteiger charge is 2.03. The van der Waals surface area contributed by atoms with E-state index in [-0.39, 0.29) is 0 Å². The van der Waals surface area contributed by atoms with E-state index in [1.165, 1.54) is 0 Å². The third kappa shape index (κ3) is 2.98. The predicted molar refractivity (Wildman–Crippen MR) is 78.5 cm³/mol. The Labute approximate surface area is 117 Å². The molecule has 17 heavy (non-hydrogen) atoms. The molecule has 0 bridgehead atoms. The number of nitrogens with two attached hydrogens (primary N) is 1. The maximum atomic E-state index is 5.87. The molecule has 0 amide bonds. The summed E-state index contributed by atoms with van der Waals surface area (Å²) >= 11 is 6.79. The molecule has 0 spiro atoms. The van der Waals surface area contributed by atoms with Crippen molar-refractivity contribution in [2.75, 3.05) is 11.1 Å². The highest BCUT2D eigenvalue weighted by atomic mass is 79.9. The fourth-order valence-electron chi connectivity index (χ4n) is 1.42. The second-order valence-electron chi connectivity index (χ2n) is 3.68. The normalized spacial score (nSPS) is 10.3. The molecule has 2 rings (SSSR count). The number of nitrogens with zero attached hydrogens (tertiary/aromatic N) is 1. The van der Waals surface area contributed by atoms with Crippen LogP contribution < -0.4 is 11.1 Å². The van der Waals surface area contributed by atoms with Gasteiger partial charge in [-0.2, -0.15) is 0 Å². The Balaban J connectivity index is 2.28. The van der Waals surface area contributed by atoms with Gasteiger partial charge in [-0.25, -0.2) is 4.98 Å². The van der Waals surface area contributed by atoms with Crippen molar-refractivity contribution in [1.29, 1.82) is 0 Å². The Hall–Kier alpha value is -1.07. The van der Waals surface area contributed by atoms with Crippen LogP contribution in [0, 0.1) is 6.92 Å². The van der Waals surface area contributed by atoms with E-state index in [0.717, 1.165) is 20.2 Å². The molecule has 1 heterocycles. The first kappa shape index (κ1) is 12.4. The number of benzene rings is 1. The summed E-state index contributed by atoms with van der Waals surface area (Å²) in [4.78, 5) is 4.23. The first-order valence-corrected chi connectivity index (χ1v) is 6.59. The van der Waals surface area contributed by atoms with Crippen LogP contribution >= 0.6 is 31.9 Å². The number of hydrogen-bond donors (Lipinski definition) is 2. The third-order valence-corrected chi connectivity index (χ3v) is 3.63. The molecule has 5 heteroatoms. The van der Waals surface area contributed by atoms with Gasteiger partial charge in [0, 0.05) is 20.8 Å². The molecule has 0 saturated heterocycles. The van der Waals surface area contributed by atoms with Crippen molar-refractivity contribution in [2.45, 2.75) is 6.92 Å². The predicted octanol–water partition coefficient (Wildman–Crippen LogP) is 4.24. The lowest BCUT2D eigenvalue weighted by Crippen LogP contribution is -1.99. The molecule has 2 aromatic rings. The summed E-state index contributed by atoms with van der Waals surface area (Å²) in [5.41, 5.74) is 8.61. The van der Waals surface area contributed by atoms with Gasteiger partial charge in [-0.3, -0.25) is 0 Å². The summed E-state index contributed by atoms with van der Waals surface area (Å²) in [7, 11) is 0. The second-order valence-corrected chi connectivity index (χ2v) is 5.45. The fraction of sp³-hybridized carbons (Fsp3) is 0.0833. The highest BCUT2D eigenvalue weighted by molar-refractivity contribution is 9.10. The Bertz CT molecular complexity index is 555. The first-order chi connectivity index (χ1) is 8.06. The molecule has 0 radical (unpaired) electrons. The Morgan fingerprint density at radius 1 is 1.24 bits per heavy atom. The first-order valence-electron chi connectivity index (χ1n) is 5.00. The summed E-state index contributed by atoms with van der Waals surface area (Å²) < 4.78 is 1.95. The van der Waals surface area contributed by atoms with Crippen molar-refractivity contribution in [3.8, 4) is 0 Å². The number of anilines is 3. The van der Waals surface area contributed by atoms with Gasteiger partial charge in [-0.1, -0.05) is 15.9 Å². The molecule has 0 saturated carbocycles. The van der Waals surface area contributed by atoms with Gasteiger partial charge in [0.2, 0.25) is 0 Å². The number of nitrogen functional groups attached to an aromatic ring is 1. The molecule has 0 aliphatic carbocycles. The number of hydrogen-bond acceptors (Lipinski definition) is 3. The molecular formula is C12H11Br2N3. The molecule has 0 aliphatic heterocycles. The molecule has 0 fully saturated rings. The Morgan fingerprint density at radius 3 is 2.65 bits per heavy atom. The number of halogens is 2. The largest absolute Gasteiger partial charge is 0.396 e. The van der Waals surface area contributed by atoms with Crippen LogP contribution in [0.1, 0.15) is 5.56 Å². The van der Waals surface area contributed by atoms with Gasteiger partial charge in [-0.15, -0.1) is 0 Å². The van der Waals surface area contributed by atoms with E-state index in [0.29, 0.717) is 11.5 Å². The van der Waals surface area contributed by atoms with E-state index in [2.05, 4.69) is 42.2 Å². The van der Waals surface area contributed by atoms with E-state index >= 15 is 0 Å². The molecule has 1 aromatic heterocycles. The third-order valence-electron chi connectivity index (χ3n) is 2.30. The minimum absolute atomic E-state index is 0.611. The van der Waals surface area contributed by atoms with Gasteiger partial charge in [0.15, 0.2) is 5.82 Å². The van der Waals surface area contributed by atoms with E-state index in [1.54, 1.807) is 6.20 Å². The van der Waals surface area contributed by atoms with E-state index in [1.807, 2.05) is 31.2 Å². The van der Waals surface area contributed by atoms with Crippen LogP contribution in [0.2, 0.25) is 0 Å². The van der Waals surface area contributed by atoms with Gasteiger partial charge in [-0.05, 0) is 52.7 Å². The Kier molecular flexibility index (Phi) is 3.69. The molecule has 0 aliphatic rings. The minimum atomic E-state index is 0.611. The summed E-state index contributed by atoms with van der Waals surface area (Å²) in [6.07, 6.45) is 1.71. The molecular weight excluding hydrogens is 346 g/mol. The van der Waals surface area contributed by atoms with Crippen LogP contribution in [-0.2, 0) is 0 Å². The lowest BCUT2D eigenvalue weighted by atomic mass is 10.2. The highest BCUT2D eigenvalue weighted by Crippen LogP contribution is 2.26. The van der Waals surface area contributed by atoms with Crippen molar-refractivity contribution >= 4 is 49.1 Å². The topological polar surface area (TPSA) is 50.9 Å². The maximum absolute atomic E-state index is 5.87. The molecule has 0 unspecified atom stereocenters. The molecule has 1 aromatic carbocycles. The number of aryl methyl sites for hydroxylation is 1. The SMILES string of the molecule is Cc1cc(Nc2ncc(Br)cc2N)ccc1Br. The van der Waals surface area contributed by atoms with Crippen molar-refractivity contribution in [3.63, 3.8) is 0 Å². The van der Waals surface area contributed by atoms with E-state index < -0.39 is 0 Å². The van der Waals surface area contributed by atoms with E-state index in [4.69, 9.17) is 5.73 Å². The molecule has 0 atom stereocenters. The summed E-state index contributed by atoms with van der Waals surface area (Å²) in [5.74, 6) is 0.662. The number of rotatable bonds is 2. The zero-order valence-electron chi connectivity index (χ0n) is 9.17.